The van der Waals surface area contributed by atoms with Crippen LogP contribution in [0.2, 0.25) is 0 Å². The standard InChI is InChI=1S/C13H19N3S/c1-10-5-4-8-12(15-10)9-14-13(17)16-11-6-2-3-7-11/h4-5,8,11H,2-3,6-7,9H2,1H3,(H2,14,16,17). The van der Waals surface area contributed by atoms with E-state index in [1.165, 1.54) is 25.7 Å². The van der Waals surface area contributed by atoms with Crippen molar-refractivity contribution in [1.82, 2.24) is 15.6 Å². The SMILES string of the molecule is Cc1cccc(CNC(=S)NC2CCCC2)n1. The van der Waals surface area contributed by atoms with Gasteiger partial charge in [-0.2, -0.15) is 0 Å². The van der Waals surface area contributed by atoms with Crippen LogP contribution in [0.1, 0.15) is 37.1 Å². The van der Waals surface area contributed by atoms with E-state index >= 15 is 0 Å². The Bertz CT molecular complexity index is 386. The summed E-state index contributed by atoms with van der Waals surface area (Å²) in [6.07, 6.45) is 5.12. The van der Waals surface area contributed by atoms with Crippen molar-refractivity contribution < 1.29 is 0 Å². The Hall–Kier alpha value is -1.16. The van der Waals surface area contributed by atoms with Gasteiger partial charge in [0.15, 0.2) is 5.11 Å². The Balaban J connectivity index is 1.75. The average molecular weight is 249 g/mol. The molecule has 0 radical (unpaired) electrons. The molecule has 92 valence electrons. The van der Waals surface area contributed by atoms with Crippen molar-refractivity contribution in [3.05, 3.63) is 29.6 Å². The zero-order valence-corrected chi connectivity index (χ0v) is 11.0. The molecule has 4 heteroatoms. The normalized spacial score (nSPS) is 15.8. The highest BCUT2D eigenvalue weighted by atomic mass is 32.1. The molecule has 0 unspecified atom stereocenters. The van der Waals surface area contributed by atoms with E-state index < -0.39 is 0 Å². The van der Waals surface area contributed by atoms with Gasteiger partial charge in [-0.1, -0.05) is 18.9 Å². The highest BCUT2D eigenvalue weighted by molar-refractivity contribution is 7.80. The van der Waals surface area contributed by atoms with Crippen molar-refractivity contribution in [3.63, 3.8) is 0 Å². The minimum Gasteiger partial charge on any atom is -0.360 e. The minimum absolute atomic E-state index is 0.570. The zero-order chi connectivity index (χ0) is 12.1. The number of hydrogen-bond acceptors (Lipinski definition) is 2. The molecular formula is C13H19N3S. The Kier molecular flexibility index (Phi) is 4.31. The smallest absolute Gasteiger partial charge is 0.166 e. The molecule has 0 spiro atoms. The minimum atomic E-state index is 0.570. The average Bonchev–Trinajstić information content (AvgIpc) is 2.79. The van der Waals surface area contributed by atoms with Crippen LogP contribution in [0.4, 0.5) is 0 Å². The molecule has 3 nitrogen and oxygen atoms in total. The summed E-state index contributed by atoms with van der Waals surface area (Å²) < 4.78 is 0. The molecular weight excluding hydrogens is 230 g/mol. The second-order valence-corrected chi connectivity index (χ2v) is 4.99. The number of thiocarbonyl (C=S) groups is 1. The lowest BCUT2D eigenvalue weighted by Gasteiger charge is -2.15. The molecule has 1 aliphatic carbocycles. The van der Waals surface area contributed by atoms with Crippen LogP contribution in [0.3, 0.4) is 0 Å². The Morgan fingerprint density at radius 3 is 2.88 bits per heavy atom. The molecule has 0 bridgehead atoms. The summed E-state index contributed by atoms with van der Waals surface area (Å²) in [5.41, 5.74) is 2.07. The van der Waals surface area contributed by atoms with Gasteiger partial charge in [-0.25, -0.2) is 0 Å². The third-order valence-corrected chi connectivity index (χ3v) is 3.33. The second kappa shape index (κ2) is 5.96. The molecule has 1 aromatic rings. The van der Waals surface area contributed by atoms with Crippen LogP contribution in [-0.4, -0.2) is 16.1 Å². The lowest BCUT2D eigenvalue weighted by atomic mass is 10.2. The fourth-order valence-electron chi connectivity index (χ4n) is 2.18. The van der Waals surface area contributed by atoms with Gasteiger partial charge >= 0.3 is 0 Å². The topological polar surface area (TPSA) is 37.0 Å². The lowest BCUT2D eigenvalue weighted by Crippen LogP contribution is -2.40. The maximum atomic E-state index is 5.27. The number of nitrogens with zero attached hydrogens (tertiary/aromatic N) is 1. The Morgan fingerprint density at radius 1 is 1.41 bits per heavy atom. The van der Waals surface area contributed by atoms with Crippen LogP contribution >= 0.6 is 12.2 Å². The van der Waals surface area contributed by atoms with Crippen molar-refractivity contribution in [2.75, 3.05) is 0 Å². The largest absolute Gasteiger partial charge is 0.360 e. The maximum Gasteiger partial charge on any atom is 0.166 e. The first-order valence-corrected chi connectivity index (χ1v) is 6.62. The second-order valence-electron chi connectivity index (χ2n) is 4.58. The molecule has 1 aliphatic rings. The monoisotopic (exact) mass is 249 g/mol. The first kappa shape index (κ1) is 12.3. The van der Waals surface area contributed by atoms with Crippen LogP contribution in [0.25, 0.3) is 0 Å². The van der Waals surface area contributed by atoms with Gasteiger partial charge in [0.25, 0.3) is 0 Å². The van der Waals surface area contributed by atoms with Crippen LogP contribution < -0.4 is 10.6 Å². The van der Waals surface area contributed by atoms with E-state index in [-0.39, 0.29) is 0 Å². The zero-order valence-electron chi connectivity index (χ0n) is 10.2. The van der Waals surface area contributed by atoms with E-state index in [1.54, 1.807) is 0 Å². The molecule has 1 saturated carbocycles. The molecule has 0 aliphatic heterocycles. The summed E-state index contributed by atoms with van der Waals surface area (Å²) in [6, 6.07) is 6.60. The Morgan fingerprint density at radius 2 is 2.18 bits per heavy atom. The van der Waals surface area contributed by atoms with Crippen LogP contribution in [-0.2, 0) is 6.54 Å². The summed E-state index contributed by atoms with van der Waals surface area (Å²) in [7, 11) is 0. The molecule has 1 heterocycles. The highest BCUT2D eigenvalue weighted by Gasteiger charge is 2.15. The van der Waals surface area contributed by atoms with Crippen molar-refractivity contribution in [2.45, 2.75) is 45.2 Å². The fraction of sp³-hybridized carbons (Fsp3) is 0.538. The number of pyridine rings is 1. The van der Waals surface area contributed by atoms with Gasteiger partial charge in [0.1, 0.15) is 0 Å². The number of aromatic nitrogens is 1. The molecule has 0 amide bonds. The quantitative estimate of drug-likeness (QED) is 0.806. The summed E-state index contributed by atoms with van der Waals surface area (Å²) >= 11 is 5.27. The lowest BCUT2D eigenvalue weighted by molar-refractivity contribution is 0.620. The summed E-state index contributed by atoms with van der Waals surface area (Å²) in [5, 5.41) is 7.32. The summed E-state index contributed by atoms with van der Waals surface area (Å²) in [5.74, 6) is 0. The fourth-order valence-corrected chi connectivity index (χ4v) is 2.41. The third kappa shape index (κ3) is 3.97. The predicted molar refractivity (Wildman–Crippen MR) is 73.8 cm³/mol. The van der Waals surface area contributed by atoms with Crippen LogP contribution in [0, 0.1) is 6.92 Å². The van der Waals surface area contributed by atoms with Gasteiger partial charge in [0.05, 0.1) is 12.2 Å². The van der Waals surface area contributed by atoms with Crippen LogP contribution in [0.15, 0.2) is 18.2 Å². The van der Waals surface area contributed by atoms with Crippen LogP contribution in [0.5, 0.6) is 0 Å². The van der Waals surface area contributed by atoms with Crippen molar-refractivity contribution in [2.24, 2.45) is 0 Å². The maximum absolute atomic E-state index is 5.27. The van der Waals surface area contributed by atoms with E-state index in [4.69, 9.17) is 12.2 Å². The summed E-state index contributed by atoms with van der Waals surface area (Å²) in [4.78, 5) is 4.43. The highest BCUT2D eigenvalue weighted by Crippen LogP contribution is 2.17. The molecule has 0 aromatic carbocycles. The summed E-state index contributed by atoms with van der Waals surface area (Å²) in [6.45, 7) is 2.69. The molecule has 2 rings (SSSR count). The van der Waals surface area contributed by atoms with Gasteiger partial charge in [-0.3, -0.25) is 4.98 Å². The van der Waals surface area contributed by atoms with Gasteiger partial charge in [-0.05, 0) is 44.1 Å². The van der Waals surface area contributed by atoms with Gasteiger partial charge in [0.2, 0.25) is 0 Å². The predicted octanol–water partition coefficient (Wildman–Crippen LogP) is 2.30. The van der Waals surface area contributed by atoms with Crippen molar-refractivity contribution >= 4 is 17.3 Å². The van der Waals surface area contributed by atoms with Gasteiger partial charge in [0, 0.05) is 11.7 Å². The molecule has 1 aromatic heterocycles. The number of nitrogens with one attached hydrogen (secondary N) is 2. The molecule has 0 saturated heterocycles. The molecule has 17 heavy (non-hydrogen) atoms. The third-order valence-electron chi connectivity index (χ3n) is 3.07. The molecule has 2 N–H and O–H groups in total. The first-order valence-electron chi connectivity index (χ1n) is 6.21. The van der Waals surface area contributed by atoms with Gasteiger partial charge in [-0.15, -0.1) is 0 Å². The van der Waals surface area contributed by atoms with E-state index in [9.17, 15) is 0 Å². The van der Waals surface area contributed by atoms with E-state index in [1.807, 2.05) is 25.1 Å². The number of hydrogen-bond donors (Lipinski definition) is 2. The van der Waals surface area contributed by atoms with E-state index in [0.29, 0.717) is 12.6 Å². The number of aryl methyl sites for hydroxylation is 1. The molecule has 1 fully saturated rings. The van der Waals surface area contributed by atoms with E-state index in [2.05, 4.69) is 15.6 Å². The number of rotatable bonds is 3. The first-order chi connectivity index (χ1) is 8.24. The van der Waals surface area contributed by atoms with Crippen molar-refractivity contribution in [3.8, 4) is 0 Å². The van der Waals surface area contributed by atoms with Gasteiger partial charge < -0.3 is 10.6 Å². The molecule has 0 atom stereocenters. The van der Waals surface area contributed by atoms with Crippen molar-refractivity contribution in [1.29, 1.82) is 0 Å². The Labute approximate surface area is 108 Å². The van der Waals surface area contributed by atoms with E-state index in [0.717, 1.165) is 16.5 Å².